The molecule has 0 N–H and O–H groups in total. The Labute approximate surface area is 148 Å². The van der Waals surface area contributed by atoms with Gasteiger partial charge in [-0.1, -0.05) is 45.9 Å². The van der Waals surface area contributed by atoms with Gasteiger partial charge >= 0.3 is 5.69 Å². The minimum atomic E-state index is -0.423. The first-order valence-corrected chi connectivity index (χ1v) is 7.98. The van der Waals surface area contributed by atoms with Crippen molar-refractivity contribution in [1.82, 2.24) is 0 Å². The van der Waals surface area contributed by atoms with Gasteiger partial charge in [-0.15, -0.1) is 0 Å². The van der Waals surface area contributed by atoms with E-state index in [1.807, 2.05) is 18.2 Å². The predicted octanol–water partition coefficient (Wildman–Crippen LogP) is 4.73. The molecule has 0 fully saturated rings. The van der Waals surface area contributed by atoms with E-state index in [1.165, 1.54) is 7.11 Å². The van der Waals surface area contributed by atoms with Crippen LogP contribution in [0.2, 0.25) is 0 Å². The number of hydrogen-bond acceptors (Lipinski definition) is 4. The van der Waals surface area contributed by atoms with E-state index in [0.717, 1.165) is 11.1 Å². The number of nitriles is 1. The summed E-state index contributed by atoms with van der Waals surface area (Å²) in [5.41, 5.74) is 1.78. The monoisotopic (exact) mass is 338 g/mol. The second-order valence-corrected chi connectivity index (χ2v) is 7.08. The number of methoxy groups -OCH3 is 1. The molecule has 5 heteroatoms. The number of nitro benzene ring substituents is 1. The fraction of sp³-hybridized carbons (Fsp3) is 0.350. The van der Waals surface area contributed by atoms with E-state index in [-0.39, 0.29) is 16.9 Å². The van der Waals surface area contributed by atoms with Crippen LogP contribution in [-0.4, -0.2) is 12.0 Å². The van der Waals surface area contributed by atoms with E-state index in [1.54, 1.807) is 24.3 Å². The highest BCUT2D eigenvalue weighted by Crippen LogP contribution is 2.45. The molecule has 2 aromatic carbocycles. The minimum Gasteiger partial charge on any atom is -0.490 e. The van der Waals surface area contributed by atoms with Crippen molar-refractivity contribution in [2.75, 3.05) is 7.11 Å². The van der Waals surface area contributed by atoms with Crippen molar-refractivity contribution < 1.29 is 9.66 Å². The Morgan fingerprint density at radius 3 is 2.00 bits per heavy atom. The predicted molar refractivity (Wildman–Crippen MR) is 96.9 cm³/mol. The zero-order valence-corrected chi connectivity index (χ0v) is 15.2. The van der Waals surface area contributed by atoms with Crippen LogP contribution in [-0.2, 0) is 10.8 Å². The summed E-state index contributed by atoms with van der Waals surface area (Å²) in [6.45, 7) is 8.34. The Hall–Kier alpha value is -2.87. The second-order valence-electron chi connectivity index (χ2n) is 7.08. The molecule has 0 aliphatic rings. The van der Waals surface area contributed by atoms with Crippen LogP contribution in [0.5, 0.6) is 5.75 Å². The lowest BCUT2D eigenvalue weighted by atomic mass is 9.61. The maximum atomic E-state index is 11.3. The molecule has 5 nitrogen and oxygen atoms in total. The van der Waals surface area contributed by atoms with Crippen molar-refractivity contribution in [2.24, 2.45) is 0 Å². The number of hydrogen-bond donors (Lipinski definition) is 0. The number of rotatable bonds is 5. The SMILES string of the molecule is COc1ccc(C(C)(C)C(C)(C)c2ccc(C#N)cc2)cc1[N+](=O)[O-]. The summed E-state index contributed by atoms with van der Waals surface area (Å²) in [6.07, 6.45) is 0. The lowest BCUT2D eigenvalue weighted by Gasteiger charge is -2.42. The fourth-order valence-corrected chi connectivity index (χ4v) is 2.90. The van der Waals surface area contributed by atoms with Crippen LogP contribution in [0.25, 0.3) is 0 Å². The highest BCUT2D eigenvalue weighted by atomic mass is 16.6. The molecule has 0 heterocycles. The molecular formula is C20H22N2O3. The summed E-state index contributed by atoms with van der Waals surface area (Å²) in [4.78, 5) is 10.9. The maximum absolute atomic E-state index is 11.3. The van der Waals surface area contributed by atoms with Gasteiger partial charge in [-0.05, 0) is 40.2 Å². The normalized spacial score (nSPS) is 11.7. The average Bonchev–Trinajstić information content (AvgIpc) is 2.60. The Bertz CT molecular complexity index is 831. The molecule has 0 amide bonds. The molecule has 0 saturated heterocycles. The molecule has 0 saturated carbocycles. The number of ether oxygens (including phenoxy) is 1. The van der Waals surface area contributed by atoms with Gasteiger partial charge < -0.3 is 4.74 Å². The molecule has 0 unspecified atom stereocenters. The summed E-state index contributed by atoms with van der Waals surface area (Å²) >= 11 is 0. The summed E-state index contributed by atoms with van der Waals surface area (Å²) < 4.78 is 5.10. The minimum absolute atomic E-state index is 0.0382. The van der Waals surface area contributed by atoms with Gasteiger partial charge in [0.2, 0.25) is 0 Å². The van der Waals surface area contributed by atoms with E-state index in [2.05, 4.69) is 33.8 Å². The first kappa shape index (κ1) is 18.5. The topological polar surface area (TPSA) is 76.2 Å². The first-order valence-electron chi connectivity index (χ1n) is 7.98. The molecule has 0 aliphatic heterocycles. The first-order chi connectivity index (χ1) is 11.6. The fourth-order valence-electron chi connectivity index (χ4n) is 2.90. The van der Waals surface area contributed by atoms with Crippen LogP contribution in [0, 0.1) is 21.4 Å². The number of nitro groups is 1. The zero-order valence-electron chi connectivity index (χ0n) is 15.2. The van der Waals surface area contributed by atoms with Crippen LogP contribution in [0.15, 0.2) is 42.5 Å². The Kier molecular flexibility index (Phi) is 4.85. The van der Waals surface area contributed by atoms with E-state index >= 15 is 0 Å². The quantitative estimate of drug-likeness (QED) is 0.583. The van der Waals surface area contributed by atoms with Gasteiger partial charge in [-0.25, -0.2) is 0 Å². The van der Waals surface area contributed by atoms with Crippen LogP contribution >= 0.6 is 0 Å². The molecule has 0 radical (unpaired) electrons. The molecule has 130 valence electrons. The lowest BCUT2D eigenvalue weighted by Crippen LogP contribution is -2.40. The third-order valence-electron chi connectivity index (χ3n) is 5.40. The third kappa shape index (κ3) is 3.20. The molecule has 0 aromatic heterocycles. The van der Waals surface area contributed by atoms with Crippen molar-refractivity contribution in [3.05, 3.63) is 69.3 Å². The Morgan fingerprint density at radius 2 is 1.52 bits per heavy atom. The van der Waals surface area contributed by atoms with Gasteiger partial charge in [-0.3, -0.25) is 10.1 Å². The second kappa shape index (κ2) is 6.56. The average molecular weight is 338 g/mol. The summed E-state index contributed by atoms with van der Waals surface area (Å²) in [6, 6.07) is 14.7. The van der Waals surface area contributed by atoms with Crippen LogP contribution < -0.4 is 4.74 Å². The zero-order chi connectivity index (χ0) is 18.8. The van der Waals surface area contributed by atoms with Gasteiger partial charge in [0.25, 0.3) is 0 Å². The molecule has 0 aliphatic carbocycles. The number of benzene rings is 2. The van der Waals surface area contributed by atoms with Gasteiger partial charge in [0.05, 0.1) is 23.7 Å². The summed E-state index contributed by atoms with van der Waals surface area (Å²) in [5, 5.41) is 20.3. The Morgan fingerprint density at radius 1 is 1.00 bits per heavy atom. The van der Waals surface area contributed by atoms with Crippen molar-refractivity contribution >= 4 is 5.69 Å². The summed E-state index contributed by atoms with van der Waals surface area (Å²) in [5.74, 6) is 0.251. The van der Waals surface area contributed by atoms with Gasteiger partial charge in [0.1, 0.15) is 0 Å². The van der Waals surface area contributed by atoms with Gasteiger partial charge in [0.15, 0.2) is 5.75 Å². The highest BCUT2D eigenvalue weighted by molar-refractivity contribution is 5.51. The molecule has 2 rings (SSSR count). The number of nitrogens with zero attached hydrogens (tertiary/aromatic N) is 2. The smallest absolute Gasteiger partial charge is 0.311 e. The molecule has 0 spiro atoms. The van der Waals surface area contributed by atoms with Gasteiger partial charge in [-0.2, -0.15) is 5.26 Å². The summed E-state index contributed by atoms with van der Waals surface area (Å²) in [7, 11) is 1.42. The standard InChI is InChI=1S/C20H22N2O3/c1-19(2,15-8-6-14(13-21)7-9-15)20(3,4)16-10-11-18(25-5)17(12-16)22(23)24/h6-12H,1-5H3. The van der Waals surface area contributed by atoms with Crippen molar-refractivity contribution in [1.29, 1.82) is 5.26 Å². The van der Waals surface area contributed by atoms with Crippen molar-refractivity contribution in [2.45, 2.75) is 38.5 Å². The molecule has 25 heavy (non-hydrogen) atoms. The van der Waals surface area contributed by atoms with E-state index in [4.69, 9.17) is 10.00 Å². The van der Waals surface area contributed by atoms with Crippen LogP contribution in [0.4, 0.5) is 5.69 Å². The molecule has 2 aromatic rings. The van der Waals surface area contributed by atoms with Crippen LogP contribution in [0.1, 0.15) is 44.4 Å². The molecule has 0 bridgehead atoms. The largest absolute Gasteiger partial charge is 0.490 e. The maximum Gasteiger partial charge on any atom is 0.311 e. The highest BCUT2D eigenvalue weighted by Gasteiger charge is 2.40. The van der Waals surface area contributed by atoms with Crippen molar-refractivity contribution in [3.8, 4) is 11.8 Å². The molecule has 0 atom stereocenters. The van der Waals surface area contributed by atoms with Gasteiger partial charge in [0, 0.05) is 6.07 Å². The Balaban J connectivity index is 2.53. The van der Waals surface area contributed by atoms with E-state index in [9.17, 15) is 10.1 Å². The van der Waals surface area contributed by atoms with Crippen molar-refractivity contribution in [3.63, 3.8) is 0 Å². The third-order valence-corrected chi connectivity index (χ3v) is 5.40. The van der Waals surface area contributed by atoms with E-state index in [0.29, 0.717) is 5.56 Å². The molecular weight excluding hydrogens is 316 g/mol. The van der Waals surface area contributed by atoms with Crippen LogP contribution in [0.3, 0.4) is 0 Å². The lowest BCUT2D eigenvalue weighted by molar-refractivity contribution is -0.385. The van der Waals surface area contributed by atoms with E-state index < -0.39 is 10.3 Å².